The van der Waals surface area contributed by atoms with Crippen LogP contribution < -0.4 is 11.2 Å². The first kappa shape index (κ1) is 28.2. The highest BCUT2D eigenvalue weighted by Crippen LogP contribution is 2.26. The topological polar surface area (TPSA) is 241 Å². The molecule has 15 heteroatoms. The molecule has 3 heterocycles. The van der Waals surface area contributed by atoms with Gasteiger partial charge in [0.25, 0.3) is 5.56 Å². The normalized spacial score (nSPS) is 26.5. The van der Waals surface area contributed by atoms with Crippen molar-refractivity contribution >= 4 is 11.0 Å². The second kappa shape index (κ2) is 11.1. The first-order valence-corrected chi connectivity index (χ1v) is 11.8. The van der Waals surface area contributed by atoms with Crippen LogP contribution in [0.25, 0.3) is 22.6 Å². The van der Waals surface area contributed by atoms with Crippen LogP contribution in [0.15, 0.2) is 21.7 Å². The standard InChI is InChI=1S/C23H30N4O11/c1-8-5-10-11(6-9(8)2)27(19-14(24-10)20(34)26-23(36)25-19)4-3-12(29)15(30)21(35)38-22-18(33)17(32)16(31)13(7-28)37-22/h5-6,12-13,15-18,21-22,28-33,35H,3-4,7H2,1-2H3,(H,26,34,36)/t12-,13-,15-,16-,17+,18-,21?,22?/m1/s1. The van der Waals surface area contributed by atoms with Gasteiger partial charge in [-0.05, 0) is 43.5 Å². The maximum Gasteiger partial charge on any atom is 0.349 e. The van der Waals surface area contributed by atoms with E-state index in [1.807, 2.05) is 13.8 Å². The summed E-state index contributed by atoms with van der Waals surface area (Å²) in [5.41, 5.74) is 1.03. The van der Waals surface area contributed by atoms with Gasteiger partial charge in [-0.25, -0.2) is 9.78 Å². The van der Waals surface area contributed by atoms with Gasteiger partial charge in [0, 0.05) is 6.54 Å². The van der Waals surface area contributed by atoms with Gasteiger partial charge in [-0.1, -0.05) is 0 Å². The minimum absolute atomic E-state index is 0.0330. The number of nitrogens with one attached hydrogen (secondary N) is 1. The summed E-state index contributed by atoms with van der Waals surface area (Å²) < 4.78 is 11.7. The summed E-state index contributed by atoms with van der Waals surface area (Å²) in [5, 5.41) is 70.4. The lowest BCUT2D eigenvalue weighted by molar-refractivity contribution is -0.345. The highest BCUT2D eigenvalue weighted by Gasteiger charge is 2.45. The molecule has 1 aromatic carbocycles. The molecule has 0 amide bonds. The van der Waals surface area contributed by atoms with Crippen molar-refractivity contribution in [2.24, 2.45) is 0 Å². The highest BCUT2D eigenvalue weighted by molar-refractivity contribution is 5.81. The Kier molecular flexibility index (Phi) is 8.22. The van der Waals surface area contributed by atoms with E-state index in [-0.39, 0.29) is 24.5 Å². The fourth-order valence-corrected chi connectivity index (χ4v) is 4.30. The fourth-order valence-electron chi connectivity index (χ4n) is 4.30. The Balaban J connectivity index is 1.55. The molecular weight excluding hydrogens is 508 g/mol. The third kappa shape index (κ3) is 5.33. The monoisotopic (exact) mass is 538 g/mol. The third-order valence-corrected chi connectivity index (χ3v) is 6.68. The maximum absolute atomic E-state index is 12.4. The van der Waals surface area contributed by atoms with E-state index in [1.54, 1.807) is 12.1 Å². The molecule has 38 heavy (non-hydrogen) atoms. The number of nitrogens with zero attached hydrogens (tertiary/aromatic N) is 3. The molecule has 0 radical (unpaired) electrons. The Morgan fingerprint density at radius 3 is 2.42 bits per heavy atom. The first-order valence-electron chi connectivity index (χ1n) is 11.8. The van der Waals surface area contributed by atoms with Crippen LogP contribution in [0.5, 0.6) is 0 Å². The number of hydrogen-bond acceptors (Lipinski definition) is 13. The van der Waals surface area contributed by atoms with Gasteiger partial charge in [0.05, 0.1) is 23.7 Å². The molecule has 2 unspecified atom stereocenters. The number of ether oxygens (including phenoxy) is 2. The largest absolute Gasteiger partial charge is 0.394 e. The SMILES string of the molecule is Cc1cc2nc3c(=O)[nH]c(=O)nc-3n(CC[C@@H](O)[C@@H](O)C(O)OC3O[C@H](CO)[C@@H](O)[C@H](O)[C@H]3O)c2cc1C. The quantitative estimate of drug-likeness (QED) is 0.102. The zero-order chi connectivity index (χ0) is 27.9. The van der Waals surface area contributed by atoms with E-state index < -0.39 is 67.1 Å². The molecule has 3 aliphatic rings. The van der Waals surface area contributed by atoms with Crippen LogP contribution in [0.1, 0.15) is 17.5 Å². The van der Waals surface area contributed by atoms with Crippen LogP contribution in [0.4, 0.5) is 0 Å². The Bertz CT molecular complexity index is 1380. The number of aromatic nitrogens is 4. The zero-order valence-electron chi connectivity index (χ0n) is 20.5. The lowest BCUT2D eigenvalue weighted by Crippen LogP contribution is -2.60. The summed E-state index contributed by atoms with van der Waals surface area (Å²) in [5.74, 6) is -0.0330. The van der Waals surface area contributed by atoms with E-state index in [0.29, 0.717) is 11.0 Å². The molecular formula is C23H30N4O11. The summed E-state index contributed by atoms with van der Waals surface area (Å²) in [7, 11) is 0. The maximum atomic E-state index is 12.4. The van der Waals surface area contributed by atoms with Gasteiger partial charge < -0.3 is 49.8 Å². The Hall–Kier alpha value is -2.86. The molecule has 1 fully saturated rings. The number of hydrogen-bond donors (Lipinski definition) is 8. The molecule has 15 nitrogen and oxygen atoms in total. The van der Waals surface area contributed by atoms with Crippen molar-refractivity contribution in [1.29, 1.82) is 0 Å². The molecule has 0 spiro atoms. The second-order valence-electron chi connectivity index (χ2n) is 9.30. The minimum Gasteiger partial charge on any atom is -0.394 e. The lowest BCUT2D eigenvalue weighted by atomic mass is 9.99. The van der Waals surface area contributed by atoms with Crippen LogP contribution in [-0.2, 0) is 16.0 Å². The third-order valence-electron chi connectivity index (χ3n) is 6.68. The van der Waals surface area contributed by atoms with Crippen LogP contribution in [0, 0.1) is 13.8 Å². The molecule has 4 rings (SSSR count). The second-order valence-corrected chi connectivity index (χ2v) is 9.30. The van der Waals surface area contributed by atoms with Crippen LogP contribution in [-0.4, -0.2) is 111 Å². The molecule has 1 aromatic rings. The average Bonchev–Trinajstić information content (AvgIpc) is 2.87. The van der Waals surface area contributed by atoms with Crippen LogP contribution in [0.3, 0.4) is 0 Å². The molecule has 0 aromatic heterocycles. The molecule has 8 N–H and O–H groups in total. The van der Waals surface area contributed by atoms with Gasteiger partial charge >= 0.3 is 5.69 Å². The molecule has 8 atom stereocenters. The molecule has 0 bridgehead atoms. The number of rotatable bonds is 8. The molecule has 0 aliphatic carbocycles. The van der Waals surface area contributed by atoms with Crippen molar-refractivity contribution in [3.8, 4) is 11.5 Å². The van der Waals surface area contributed by atoms with E-state index in [4.69, 9.17) is 9.47 Å². The van der Waals surface area contributed by atoms with Crippen molar-refractivity contribution in [1.82, 2.24) is 19.5 Å². The number of aliphatic hydroxyl groups is 7. The lowest BCUT2D eigenvalue weighted by Gasteiger charge is -2.40. The van der Waals surface area contributed by atoms with Gasteiger partial charge in [0.2, 0.25) is 0 Å². The number of aliphatic hydroxyl groups excluding tert-OH is 7. The average molecular weight is 539 g/mol. The Labute approximate surface area is 214 Å². The summed E-state index contributed by atoms with van der Waals surface area (Å²) in [6.45, 7) is 2.93. The van der Waals surface area contributed by atoms with Gasteiger partial charge in [0.15, 0.2) is 24.1 Å². The van der Waals surface area contributed by atoms with Crippen LogP contribution >= 0.6 is 0 Å². The van der Waals surface area contributed by atoms with E-state index >= 15 is 0 Å². The van der Waals surface area contributed by atoms with Crippen molar-refractivity contribution in [2.75, 3.05) is 6.61 Å². The van der Waals surface area contributed by atoms with Crippen molar-refractivity contribution < 1.29 is 45.2 Å². The minimum atomic E-state index is -2.11. The number of fused-ring (bicyclic) bond motifs is 2. The van der Waals surface area contributed by atoms with Crippen LogP contribution in [0.2, 0.25) is 0 Å². The van der Waals surface area contributed by atoms with Crippen molar-refractivity contribution in [3.63, 3.8) is 0 Å². The number of H-pyrrole nitrogens is 1. The Morgan fingerprint density at radius 2 is 1.74 bits per heavy atom. The summed E-state index contributed by atoms with van der Waals surface area (Å²) in [4.78, 5) is 34.6. The molecule has 3 aliphatic heterocycles. The molecule has 0 saturated carbocycles. The smallest absolute Gasteiger partial charge is 0.349 e. The molecule has 208 valence electrons. The first-order chi connectivity index (χ1) is 17.9. The Morgan fingerprint density at radius 1 is 1.05 bits per heavy atom. The number of aromatic amines is 1. The molecule has 1 saturated heterocycles. The zero-order valence-corrected chi connectivity index (χ0v) is 20.5. The number of benzene rings is 1. The van der Waals surface area contributed by atoms with Crippen molar-refractivity contribution in [2.45, 2.75) is 76.0 Å². The number of aryl methyl sites for hydroxylation is 3. The van der Waals surface area contributed by atoms with Gasteiger partial charge in [-0.15, -0.1) is 0 Å². The summed E-state index contributed by atoms with van der Waals surface area (Å²) >= 11 is 0. The van der Waals surface area contributed by atoms with E-state index in [0.717, 1.165) is 11.1 Å². The summed E-state index contributed by atoms with van der Waals surface area (Å²) in [6.07, 6.45) is -14.2. The van der Waals surface area contributed by atoms with Crippen molar-refractivity contribution in [3.05, 3.63) is 44.1 Å². The van der Waals surface area contributed by atoms with E-state index in [9.17, 15) is 45.3 Å². The fraction of sp³-hybridized carbons (Fsp3) is 0.565. The highest BCUT2D eigenvalue weighted by atomic mass is 16.8. The van der Waals surface area contributed by atoms with Gasteiger partial charge in [0.1, 0.15) is 30.5 Å². The summed E-state index contributed by atoms with van der Waals surface area (Å²) in [6, 6.07) is 3.54. The van der Waals surface area contributed by atoms with Gasteiger partial charge in [-0.3, -0.25) is 9.78 Å². The van der Waals surface area contributed by atoms with Gasteiger partial charge in [-0.2, -0.15) is 4.98 Å². The predicted octanol–water partition coefficient (Wildman–Crippen LogP) is -3.55. The predicted molar refractivity (Wildman–Crippen MR) is 128 cm³/mol. The van der Waals surface area contributed by atoms with E-state index in [2.05, 4.69) is 15.0 Å². The van der Waals surface area contributed by atoms with E-state index in [1.165, 1.54) is 4.57 Å².